The van der Waals surface area contributed by atoms with Gasteiger partial charge in [-0.25, -0.2) is 4.98 Å². The smallest absolute Gasteiger partial charge is 0.226 e. The minimum absolute atomic E-state index is 0.0153. The van der Waals surface area contributed by atoms with Crippen LogP contribution in [0, 0.1) is 6.92 Å². The van der Waals surface area contributed by atoms with E-state index < -0.39 is 0 Å². The van der Waals surface area contributed by atoms with Crippen LogP contribution in [0.25, 0.3) is 0 Å². The van der Waals surface area contributed by atoms with Crippen LogP contribution in [0.3, 0.4) is 0 Å². The monoisotopic (exact) mass is 353 g/mol. The summed E-state index contributed by atoms with van der Waals surface area (Å²) < 4.78 is 6.70. The number of carbonyl (C=O) groups is 1. The van der Waals surface area contributed by atoms with E-state index in [4.69, 9.17) is 4.42 Å². The molecule has 0 unspecified atom stereocenters. The number of thioether (sulfide) groups is 1. The van der Waals surface area contributed by atoms with Crippen molar-refractivity contribution in [1.29, 1.82) is 0 Å². The van der Waals surface area contributed by atoms with Gasteiger partial charge < -0.3 is 9.73 Å². The Morgan fingerprint density at radius 2 is 2.26 bits per heavy atom. The zero-order valence-electron chi connectivity index (χ0n) is 14.0. The van der Waals surface area contributed by atoms with Gasteiger partial charge in [0.25, 0.3) is 0 Å². The highest BCUT2D eigenvalue weighted by atomic mass is 32.2. The van der Waals surface area contributed by atoms with Crippen molar-refractivity contribution in [3.05, 3.63) is 34.7 Å². The van der Waals surface area contributed by atoms with E-state index in [2.05, 4.69) is 17.2 Å². The molecular formula is C16H23N3O2S2. The van der Waals surface area contributed by atoms with Crippen LogP contribution in [0.2, 0.25) is 0 Å². The summed E-state index contributed by atoms with van der Waals surface area (Å²) in [6.07, 6.45) is 0.318. The summed E-state index contributed by atoms with van der Waals surface area (Å²) in [5.41, 5.74) is 0.832. The molecule has 0 saturated carbocycles. The summed E-state index contributed by atoms with van der Waals surface area (Å²) in [6, 6.07) is 3.92. The summed E-state index contributed by atoms with van der Waals surface area (Å²) in [5, 5.41) is 4.93. The number of furan rings is 1. The Bertz CT molecular complexity index is 637. The van der Waals surface area contributed by atoms with Gasteiger partial charge in [0.2, 0.25) is 5.91 Å². The van der Waals surface area contributed by atoms with Crippen molar-refractivity contribution in [3.63, 3.8) is 0 Å². The molecule has 2 aromatic heterocycles. The molecule has 2 aromatic rings. The molecule has 7 heteroatoms. The molecule has 23 heavy (non-hydrogen) atoms. The van der Waals surface area contributed by atoms with Gasteiger partial charge in [0.05, 0.1) is 18.2 Å². The van der Waals surface area contributed by atoms with Crippen LogP contribution < -0.4 is 5.32 Å². The molecule has 0 spiro atoms. The number of nitrogens with zero attached hydrogens (tertiary/aromatic N) is 2. The first-order chi connectivity index (χ1) is 11.0. The van der Waals surface area contributed by atoms with E-state index in [1.54, 1.807) is 23.1 Å². The van der Waals surface area contributed by atoms with E-state index in [-0.39, 0.29) is 11.9 Å². The predicted molar refractivity (Wildman–Crippen MR) is 95.1 cm³/mol. The van der Waals surface area contributed by atoms with E-state index >= 15 is 0 Å². The van der Waals surface area contributed by atoms with Crippen LogP contribution in [0.5, 0.6) is 0 Å². The van der Waals surface area contributed by atoms with Gasteiger partial charge in [-0.15, -0.1) is 11.3 Å². The summed E-state index contributed by atoms with van der Waals surface area (Å²) in [7, 11) is 3.95. The lowest BCUT2D eigenvalue weighted by Gasteiger charge is -2.22. The first-order valence-corrected chi connectivity index (χ1v) is 9.42. The predicted octanol–water partition coefficient (Wildman–Crippen LogP) is 3.12. The molecule has 0 aliphatic heterocycles. The van der Waals surface area contributed by atoms with Gasteiger partial charge in [-0.05, 0) is 38.9 Å². The third-order valence-electron chi connectivity index (χ3n) is 3.35. The molecule has 1 N–H and O–H groups in total. The largest absolute Gasteiger partial charge is 0.465 e. The summed E-state index contributed by atoms with van der Waals surface area (Å²) in [5.74, 6) is 2.72. The quantitative estimate of drug-likeness (QED) is 0.739. The van der Waals surface area contributed by atoms with Crippen molar-refractivity contribution >= 4 is 29.0 Å². The van der Waals surface area contributed by atoms with E-state index in [1.807, 2.05) is 43.4 Å². The number of rotatable bonds is 8. The Balaban J connectivity index is 1.88. The second-order valence-corrected chi connectivity index (χ2v) is 7.82. The number of carbonyl (C=O) groups excluding carboxylic acids is 1. The van der Waals surface area contributed by atoms with Gasteiger partial charge in [-0.1, -0.05) is 18.7 Å². The topological polar surface area (TPSA) is 58.4 Å². The molecule has 1 atom stereocenters. The molecule has 0 radical (unpaired) electrons. The first-order valence-electron chi connectivity index (χ1n) is 7.56. The van der Waals surface area contributed by atoms with Crippen LogP contribution in [-0.2, 0) is 11.2 Å². The minimum Gasteiger partial charge on any atom is -0.465 e. The maximum atomic E-state index is 12.1. The van der Waals surface area contributed by atoms with Crippen LogP contribution in [0.1, 0.15) is 30.2 Å². The normalized spacial score (nSPS) is 12.6. The second-order valence-electron chi connectivity index (χ2n) is 5.45. The van der Waals surface area contributed by atoms with Crippen molar-refractivity contribution in [2.45, 2.75) is 30.6 Å². The molecule has 0 aliphatic rings. The van der Waals surface area contributed by atoms with Crippen LogP contribution >= 0.6 is 23.1 Å². The van der Waals surface area contributed by atoms with Gasteiger partial charge in [-0.2, -0.15) is 0 Å². The molecule has 0 fully saturated rings. The highest BCUT2D eigenvalue weighted by Crippen LogP contribution is 2.22. The number of amides is 1. The average molecular weight is 354 g/mol. The number of nitrogens with one attached hydrogen (secondary N) is 1. The maximum Gasteiger partial charge on any atom is 0.226 e. The molecule has 2 heterocycles. The molecule has 126 valence electrons. The minimum atomic E-state index is -0.0153. The third kappa shape index (κ3) is 5.37. The van der Waals surface area contributed by atoms with Gasteiger partial charge in [0.1, 0.15) is 15.9 Å². The lowest BCUT2D eigenvalue weighted by Crippen LogP contribution is -2.35. The van der Waals surface area contributed by atoms with Gasteiger partial charge in [0, 0.05) is 11.9 Å². The fourth-order valence-corrected chi connectivity index (χ4v) is 3.91. The summed E-state index contributed by atoms with van der Waals surface area (Å²) in [6.45, 7) is 4.53. The first kappa shape index (κ1) is 18.0. The molecule has 0 aromatic carbocycles. The zero-order valence-corrected chi connectivity index (χ0v) is 15.6. The molecule has 1 amide bonds. The third-order valence-corrected chi connectivity index (χ3v) is 5.30. The number of likely N-dealkylation sites (N-methyl/N-ethyl adjacent to an activating group) is 1. The number of hydrogen-bond donors (Lipinski definition) is 1. The van der Waals surface area contributed by atoms with Crippen molar-refractivity contribution in [2.75, 3.05) is 26.4 Å². The number of thiazole rings is 1. The summed E-state index contributed by atoms with van der Waals surface area (Å²) in [4.78, 5) is 18.6. The van der Waals surface area contributed by atoms with E-state index in [0.717, 1.165) is 27.3 Å². The van der Waals surface area contributed by atoms with Crippen molar-refractivity contribution < 1.29 is 9.21 Å². The SMILES string of the molecule is CCSc1nc(CC(=O)NC[C@H](c2ccc(C)o2)N(C)C)cs1. The Labute approximate surface area is 145 Å². The Hall–Kier alpha value is -1.31. The van der Waals surface area contributed by atoms with Crippen LogP contribution in [0.4, 0.5) is 0 Å². The highest BCUT2D eigenvalue weighted by molar-refractivity contribution is 8.00. The average Bonchev–Trinajstić information content (AvgIpc) is 3.09. The Kier molecular flexibility index (Phi) is 6.68. The van der Waals surface area contributed by atoms with Crippen molar-refractivity contribution in [2.24, 2.45) is 0 Å². The Morgan fingerprint density at radius 1 is 1.48 bits per heavy atom. The van der Waals surface area contributed by atoms with E-state index in [1.165, 1.54) is 0 Å². The molecule has 0 bridgehead atoms. The number of hydrogen-bond acceptors (Lipinski definition) is 6. The molecule has 5 nitrogen and oxygen atoms in total. The van der Waals surface area contributed by atoms with E-state index in [9.17, 15) is 4.79 Å². The fraction of sp³-hybridized carbons (Fsp3) is 0.500. The van der Waals surface area contributed by atoms with Gasteiger partial charge in [0.15, 0.2) is 0 Å². The molecular weight excluding hydrogens is 330 g/mol. The molecule has 0 saturated heterocycles. The van der Waals surface area contributed by atoms with Crippen LogP contribution in [0.15, 0.2) is 26.3 Å². The van der Waals surface area contributed by atoms with Crippen LogP contribution in [-0.4, -0.2) is 42.2 Å². The fourth-order valence-electron chi connectivity index (χ4n) is 2.17. The lowest BCUT2D eigenvalue weighted by molar-refractivity contribution is -0.120. The van der Waals surface area contributed by atoms with E-state index in [0.29, 0.717) is 13.0 Å². The van der Waals surface area contributed by atoms with Gasteiger partial charge in [-0.3, -0.25) is 9.69 Å². The van der Waals surface area contributed by atoms with Gasteiger partial charge >= 0.3 is 0 Å². The standard InChI is InChI=1S/C16H23N3O2S2/c1-5-22-16-18-12(10-23-16)8-15(20)17-9-13(19(3)4)14-7-6-11(2)21-14/h6-7,10,13H,5,8-9H2,1-4H3,(H,17,20)/t13-/m1/s1. The molecule has 0 aliphatic carbocycles. The Morgan fingerprint density at radius 3 is 2.87 bits per heavy atom. The maximum absolute atomic E-state index is 12.1. The van der Waals surface area contributed by atoms with Crippen molar-refractivity contribution in [1.82, 2.24) is 15.2 Å². The lowest BCUT2D eigenvalue weighted by atomic mass is 10.2. The highest BCUT2D eigenvalue weighted by Gasteiger charge is 2.19. The van der Waals surface area contributed by atoms with Crippen molar-refractivity contribution in [3.8, 4) is 0 Å². The second kappa shape index (κ2) is 8.52. The zero-order chi connectivity index (χ0) is 16.8. The molecule has 2 rings (SSSR count). The number of aryl methyl sites for hydroxylation is 1. The number of aromatic nitrogens is 1. The summed E-state index contributed by atoms with van der Waals surface area (Å²) >= 11 is 3.30.